The lowest BCUT2D eigenvalue weighted by atomic mass is 9.95. The number of thiocarbonyl (C=S) groups is 1. The number of rotatable bonds is 6. The smallest absolute Gasteiger partial charge is 0.264 e. The summed E-state index contributed by atoms with van der Waals surface area (Å²) in [4.78, 5) is 25.2. The second kappa shape index (κ2) is 9.03. The van der Waals surface area contributed by atoms with Gasteiger partial charge in [-0.1, -0.05) is 12.1 Å². The number of benzene rings is 1. The first-order valence-electron chi connectivity index (χ1n) is 8.80. The summed E-state index contributed by atoms with van der Waals surface area (Å²) in [5.41, 5.74) is 7.04. The minimum Gasteiger partial charge on any atom is -0.493 e. The molecule has 1 aromatic heterocycles. The lowest BCUT2D eigenvalue weighted by Crippen LogP contribution is -2.37. The molecule has 0 radical (unpaired) electrons. The van der Waals surface area contributed by atoms with Crippen LogP contribution >= 0.6 is 23.6 Å². The number of hydrogen-bond donors (Lipinski definition) is 3. The molecule has 0 spiro atoms. The molecule has 0 aliphatic heterocycles. The number of carbonyl (C=O) groups is 2. The molecule has 0 saturated carbocycles. The quantitative estimate of drug-likeness (QED) is 0.622. The molecule has 1 aliphatic rings. The highest BCUT2D eigenvalue weighted by Crippen LogP contribution is 2.37. The predicted molar refractivity (Wildman–Crippen MR) is 112 cm³/mol. The van der Waals surface area contributed by atoms with Crippen LogP contribution in [-0.2, 0) is 17.6 Å². The molecule has 2 amide bonds. The normalized spacial score (nSPS) is 12.6. The molecule has 1 aliphatic carbocycles. The Morgan fingerprint density at radius 2 is 1.93 bits per heavy atom. The maximum absolute atomic E-state index is 12.1. The van der Waals surface area contributed by atoms with Gasteiger partial charge in [0.25, 0.3) is 11.8 Å². The van der Waals surface area contributed by atoms with Gasteiger partial charge in [0.15, 0.2) is 23.2 Å². The van der Waals surface area contributed by atoms with Crippen LogP contribution in [0.3, 0.4) is 0 Å². The van der Waals surface area contributed by atoms with E-state index in [0.717, 1.165) is 36.1 Å². The average Bonchev–Trinajstić information content (AvgIpc) is 3.04. The van der Waals surface area contributed by atoms with Crippen molar-refractivity contribution in [2.75, 3.05) is 19.0 Å². The van der Waals surface area contributed by atoms with E-state index < -0.39 is 11.8 Å². The molecule has 0 fully saturated rings. The summed E-state index contributed by atoms with van der Waals surface area (Å²) in [6.45, 7) is -0.230. The fourth-order valence-corrected chi connectivity index (χ4v) is 4.67. The van der Waals surface area contributed by atoms with E-state index in [9.17, 15) is 9.59 Å². The number of nitrogens with two attached hydrogens (primary N) is 1. The Morgan fingerprint density at radius 1 is 1.21 bits per heavy atom. The van der Waals surface area contributed by atoms with E-state index in [0.29, 0.717) is 22.1 Å². The molecule has 3 rings (SSSR count). The molecule has 28 heavy (non-hydrogen) atoms. The number of fused-ring (bicyclic) bond motifs is 1. The molecule has 9 heteroatoms. The fraction of sp³-hybridized carbons (Fsp3) is 0.316. The SMILES string of the molecule is COc1ccccc1OCC(=O)NC(=S)Nc1sc2c(c1C(N)=O)CCCC2. The molecule has 2 aromatic rings. The van der Waals surface area contributed by atoms with Crippen LogP contribution < -0.4 is 25.8 Å². The molecule has 0 unspecified atom stereocenters. The summed E-state index contributed by atoms with van der Waals surface area (Å²) in [5.74, 6) is 0.0770. The van der Waals surface area contributed by atoms with Crippen LogP contribution in [0.25, 0.3) is 0 Å². The van der Waals surface area contributed by atoms with Crippen LogP contribution in [0.4, 0.5) is 5.00 Å². The van der Waals surface area contributed by atoms with Gasteiger partial charge in [0, 0.05) is 4.88 Å². The number of anilines is 1. The predicted octanol–water partition coefficient (Wildman–Crippen LogP) is 2.63. The van der Waals surface area contributed by atoms with Gasteiger partial charge in [-0.05, 0) is 55.6 Å². The molecule has 148 valence electrons. The van der Waals surface area contributed by atoms with Gasteiger partial charge < -0.3 is 20.5 Å². The number of primary amides is 1. The highest BCUT2D eigenvalue weighted by Gasteiger charge is 2.24. The monoisotopic (exact) mass is 419 g/mol. The van der Waals surface area contributed by atoms with Gasteiger partial charge >= 0.3 is 0 Å². The van der Waals surface area contributed by atoms with Crippen molar-refractivity contribution in [2.45, 2.75) is 25.7 Å². The van der Waals surface area contributed by atoms with E-state index in [2.05, 4.69) is 10.6 Å². The van der Waals surface area contributed by atoms with Crippen molar-refractivity contribution in [3.05, 3.63) is 40.3 Å². The number of para-hydroxylation sites is 2. The van der Waals surface area contributed by atoms with E-state index in [1.807, 2.05) is 6.07 Å². The lowest BCUT2D eigenvalue weighted by molar-refractivity contribution is -0.121. The third kappa shape index (κ3) is 4.60. The van der Waals surface area contributed by atoms with Gasteiger partial charge in [-0.2, -0.15) is 0 Å². The Hall–Kier alpha value is -2.65. The zero-order chi connectivity index (χ0) is 20.1. The van der Waals surface area contributed by atoms with E-state index in [4.69, 9.17) is 27.4 Å². The van der Waals surface area contributed by atoms with Gasteiger partial charge in [0.2, 0.25) is 0 Å². The second-order valence-electron chi connectivity index (χ2n) is 6.22. The number of hydrogen-bond acceptors (Lipinski definition) is 6. The standard InChI is InChI=1S/C19H21N3O4S2/c1-25-12-7-3-4-8-13(12)26-10-15(23)21-19(27)22-18-16(17(20)24)11-6-2-5-9-14(11)28-18/h3-4,7-8H,2,5-6,9-10H2,1H3,(H2,20,24)(H2,21,22,23,27). The summed E-state index contributed by atoms with van der Waals surface area (Å²) < 4.78 is 10.6. The van der Waals surface area contributed by atoms with Gasteiger partial charge in [0.05, 0.1) is 12.7 Å². The zero-order valence-corrected chi connectivity index (χ0v) is 17.0. The molecule has 0 atom stereocenters. The molecule has 1 aromatic carbocycles. The van der Waals surface area contributed by atoms with Crippen LogP contribution in [0.1, 0.15) is 33.6 Å². The van der Waals surface area contributed by atoms with Crippen molar-refractivity contribution in [3.8, 4) is 11.5 Å². The van der Waals surface area contributed by atoms with E-state index in [1.165, 1.54) is 18.4 Å². The number of thiophene rings is 1. The van der Waals surface area contributed by atoms with Crippen LogP contribution in [-0.4, -0.2) is 30.6 Å². The van der Waals surface area contributed by atoms with Crippen molar-refractivity contribution in [3.63, 3.8) is 0 Å². The van der Waals surface area contributed by atoms with Gasteiger partial charge in [-0.25, -0.2) is 0 Å². The van der Waals surface area contributed by atoms with Crippen molar-refractivity contribution in [1.82, 2.24) is 5.32 Å². The highest BCUT2D eigenvalue weighted by molar-refractivity contribution is 7.80. The van der Waals surface area contributed by atoms with E-state index in [1.54, 1.807) is 18.2 Å². The van der Waals surface area contributed by atoms with Crippen molar-refractivity contribution < 1.29 is 19.1 Å². The van der Waals surface area contributed by atoms with Crippen LogP contribution in [0, 0.1) is 0 Å². The van der Waals surface area contributed by atoms with Crippen LogP contribution in [0.5, 0.6) is 11.5 Å². The van der Waals surface area contributed by atoms with Gasteiger partial charge in [-0.3, -0.25) is 14.9 Å². The summed E-state index contributed by atoms with van der Waals surface area (Å²) in [5, 5.41) is 6.16. The number of nitrogens with one attached hydrogen (secondary N) is 2. The second-order valence-corrected chi connectivity index (χ2v) is 7.73. The third-order valence-corrected chi connectivity index (χ3v) is 5.74. The van der Waals surface area contributed by atoms with E-state index in [-0.39, 0.29) is 11.7 Å². The van der Waals surface area contributed by atoms with Crippen molar-refractivity contribution in [2.24, 2.45) is 5.73 Å². The molecule has 0 saturated heterocycles. The summed E-state index contributed by atoms with van der Waals surface area (Å²) >= 11 is 6.67. The topological polar surface area (TPSA) is 103 Å². The number of methoxy groups -OCH3 is 1. The zero-order valence-electron chi connectivity index (χ0n) is 15.4. The Balaban J connectivity index is 1.60. The molecular formula is C19H21N3O4S2. The molecular weight excluding hydrogens is 398 g/mol. The largest absolute Gasteiger partial charge is 0.493 e. The Labute approximate surface area is 172 Å². The van der Waals surface area contributed by atoms with Gasteiger partial charge in [0.1, 0.15) is 5.00 Å². The fourth-order valence-electron chi connectivity index (χ4n) is 3.09. The number of ether oxygens (including phenoxy) is 2. The van der Waals surface area contributed by atoms with Gasteiger partial charge in [-0.15, -0.1) is 11.3 Å². The molecule has 0 bridgehead atoms. The number of amides is 2. The first kappa shape index (κ1) is 20.1. The average molecular weight is 420 g/mol. The van der Waals surface area contributed by atoms with Crippen molar-refractivity contribution in [1.29, 1.82) is 0 Å². The molecule has 7 nitrogen and oxygen atoms in total. The Morgan fingerprint density at radius 3 is 2.64 bits per heavy atom. The lowest BCUT2D eigenvalue weighted by Gasteiger charge is -2.12. The Bertz CT molecular complexity index is 911. The maximum Gasteiger partial charge on any atom is 0.264 e. The summed E-state index contributed by atoms with van der Waals surface area (Å²) in [7, 11) is 1.53. The van der Waals surface area contributed by atoms with Crippen LogP contribution in [0.2, 0.25) is 0 Å². The highest BCUT2D eigenvalue weighted by atomic mass is 32.1. The number of aryl methyl sites for hydroxylation is 1. The number of carbonyl (C=O) groups excluding carboxylic acids is 2. The summed E-state index contributed by atoms with van der Waals surface area (Å²) in [6.07, 6.45) is 3.88. The van der Waals surface area contributed by atoms with Crippen LogP contribution in [0.15, 0.2) is 24.3 Å². The minimum atomic E-state index is -0.490. The summed E-state index contributed by atoms with van der Waals surface area (Å²) in [6, 6.07) is 7.04. The third-order valence-electron chi connectivity index (χ3n) is 4.33. The molecule has 4 N–H and O–H groups in total. The van der Waals surface area contributed by atoms with Crippen molar-refractivity contribution >= 4 is 45.5 Å². The minimum absolute atomic E-state index is 0.0923. The van der Waals surface area contributed by atoms with E-state index >= 15 is 0 Å². The first-order valence-corrected chi connectivity index (χ1v) is 10.0. The Kier molecular flexibility index (Phi) is 6.48. The molecule has 1 heterocycles. The first-order chi connectivity index (χ1) is 13.5. The maximum atomic E-state index is 12.1.